The highest BCUT2D eigenvalue weighted by Gasteiger charge is 1.93. The van der Waals surface area contributed by atoms with Crippen LogP contribution in [0.1, 0.15) is 19.8 Å². The molecule has 4 nitrogen and oxygen atoms in total. The zero-order chi connectivity index (χ0) is 12.3. The Balaban J connectivity index is 2.01. The van der Waals surface area contributed by atoms with Crippen LogP contribution < -0.4 is 10.9 Å². The van der Waals surface area contributed by atoms with Gasteiger partial charge in [0.25, 0.3) is 5.56 Å². The third kappa shape index (κ3) is 6.24. The fourth-order valence-corrected chi connectivity index (χ4v) is 1.57. The summed E-state index contributed by atoms with van der Waals surface area (Å²) in [6, 6.07) is 5.23. The zero-order valence-electron chi connectivity index (χ0n) is 10.5. The smallest absolute Gasteiger partial charge is 0.250 e. The summed E-state index contributed by atoms with van der Waals surface area (Å²) in [5.74, 6) is 0. The molecule has 0 saturated heterocycles. The average Bonchev–Trinajstić information content (AvgIpc) is 2.35. The van der Waals surface area contributed by atoms with Gasteiger partial charge in [-0.25, -0.2) is 0 Å². The molecule has 0 amide bonds. The largest absolute Gasteiger partial charge is 0.382 e. The number of ether oxygens (including phenoxy) is 1. The number of unbranched alkanes of at least 4 members (excludes halogenated alkanes) is 1. The van der Waals surface area contributed by atoms with E-state index in [4.69, 9.17) is 4.74 Å². The van der Waals surface area contributed by atoms with Gasteiger partial charge in [-0.15, -0.1) is 0 Å². The Hall–Kier alpha value is -1.13. The Bertz CT molecular complexity index is 349. The molecule has 0 spiro atoms. The minimum Gasteiger partial charge on any atom is -0.382 e. The molecule has 4 heteroatoms. The lowest BCUT2D eigenvalue weighted by molar-refractivity contribution is 0.143. The fourth-order valence-electron chi connectivity index (χ4n) is 1.57. The van der Waals surface area contributed by atoms with Gasteiger partial charge >= 0.3 is 0 Å². The normalized spacial score (nSPS) is 10.6. The van der Waals surface area contributed by atoms with Crippen molar-refractivity contribution in [2.24, 2.45) is 0 Å². The molecule has 1 heterocycles. The summed E-state index contributed by atoms with van der Waals surface area (Å²) in [6.07, 6.45) is 4.02. The van der Waals surface area contributed by atoms with Crippen LogP contribution in [0.4, 0.5) is 0 Å². The van der Waals surface area contributed by atoms with E-state index in [1.807, 2.05) is 19.2 Å². The van der Waals surface area contributed by atoms with E-state index in [9.17, 15) is 4.79 Å². The third-order valence-corrected chi connectivity index (χ3v) is 2.52. The van der Waals surface area contributed by atoms with Crippen LogP contribution in [0.2, 0.25) is 0 Å². The van der Waals surface area contributed by atoms with Gasteiger partial charge in [0.15, 0.2) is 0 Å². The van der Waals surface area contributed by atoms with Gasteiger partial charge < -0.3 is 14.6 Å². The highest BCUT2D eigenvalue weighted by molar-refractivity contribution is 4.93. The topological polar surface area (TPSA) is 43.3 Å². The molecule has 0 aromatic carbocycles. The van der Waals surface area contributed by atoms with Crippen LogP contribution in [-0.4, -0.2) is 30.9 Å². The van der Waals surface area contributed by atoms with Gasteiger partial charge in [-0.05, 0) is 32.4 Å². The molecule has 17 heavy (non-hydrogen) atoms. The first-order valence-electron chi connectivity index (χ1n) is 6.28. The number of hydrogen-bond donors (Lipinski definition) is 1. The lowest BCUT2D eigenvalue weighted by Gasteiger charge is -2.06. The first-order chi connectivity index (χ1) is 8.34. The van der Waals surface area contributed by atoms with Gasteiger partial charge in [0.2, 0.25) is 0 Å². The van der Waals surface area contributed by atoms with Crippen molar-refractivity contribution in [1.82, 2.24) is 9.88 Å². The summed E-state index contributed by atoms with van der Waals surface area (Å²) in [6.45, 7) is 6.19. The molecule has 1 aromatic rings. The molecule has 0 aliphatic rings. The summed E-state index contributed by atoms with van der Waals surface area (Å²) in [7, 11) is 0. The first kappa shape index (κ1) is 13.9. The van der Waals surface area contributed by atoms with E-state index in [0.29, 0.717) is 0 Å². The minimum absolute atomic E-state index is 0.0608. The van der Waals surface area contributed by atoms with Gasteiger partial charge in [-0.3, -0.25) is 4.79 Å². The Labute approximate surface area is 103 Å². The molecule has 0 atom stereocenters. The number of nitrogens with zero attached hydrogens (tertiary/aromatic N) is 1. The van der Waals surface area contributed by atoms with Crippen molar-refractivity contribution in [2.45, 2.75) is 26.3 Å². The minimum atomic E-state index is 0.0608. The monoisotopic (exact) mass is 238 g/mol. The quantitative estimate of drug-likeness (QED) is 0.659. The molecule has 0 unspecified atom stereocenters. The van der Waals surface area contributed by atoms with Crippen molar-refractivity contribution in [2.75, 3.05) is 26.3 Å². The second kappa shape index (κ2) is 8.96. The lowest BCUT2D eigenvalue weighted by atomic mass is 10.3. The van der Waals surface area contributed by atoms with Crippen molar-refractivity contribution in [3.05, 3.63) is 34.7 Å². The van der Waals surface area contributed by atoms with E-state index in [0.717, 1.165) is 45.7 Å². The predicted molar refractivity (Wildman–Crippen MR) is 69.3 cm³/mol. The summed E-state index contributed by atoms with van der Waals surface area (Å²) in [5, 5.41) is 3.32. The molecule has 0 aliphatic heterocycles. The third-order valence-electron chi connectivity index (χ3n) is 2.52. The Morgan fingerprint density at radius 1 is 1.29 bits per heavy atom. The number of aromatic nitrogens is 1. The van der Waals surface area contributed by atoms with Crippen molar-refractivity contribution < 1.29 is 4.74 Å². The van der Waals surface area contributed by atoms with Crippen LogP contribution in [0.5, 0.6) is 0 Å². The second-order valence-electron chi connectivity index (χ2n) is 3.89. The van der Waals surface area contributed by atoms with E-state index < -0.39 is 0 Å². The van der Waals surface area contributed by atoms with Crippen LogP contribution in [0.15, 0.2) is 29.2 Å². The molecule has 0 fully saturated rings. The van der Waals surface area contributed by atoms with E-state index in [-0.39, 0.29) is 5.56 Å². The molecule has 1 aromatic heterocycles. The molecule has 96 valence electrons. The Kier molecular flexibility index (Phi) is 7.34. The summed E-state index contributed by atoms with van der Waals surface area (Å²) < 4.78 is 6.97. The second-order valence-corrected chi connectivity index (χ2v) is 3.89. The summed E-state index contributed by atoms with van der Waals surface area (Å²) in [4.78, 5) is 11.4. The van der Waals surface area contributed by atoms with Crippen LogP contribution in [0, 0.1) is 0 Å². The van der Waals surface area contributed by atoms with E-state index in [1.54, 1.807) is 16.7 Å². The molecule has 1 rings (SSSR count). The lowest BCUT2D eigenvalue weighted by Crippen LogP contribution is -2.26. The molecule has 0 bridgehead atoms. The molecule has 0 saturated carbocycles. The van der Waals surface area contributed by atoms with Crippen LogP contribution in [-0.2, 0) is 11.3 Å². The highest BCUT2D eigenvalue weighted by Crippen LogP contribution is 1.88. The van der Waals surface area contributed by atoms with Crippen LogP contribution in [0.3, 0.4) is 0 Å². The molecule has 1 N–H and O–H groups in total. The fraction of sp³-hybridized carbons (Fsp3) is 0.615. The van der Waals surface area contributed by atoms with Gasteiger partial charge in [-0.1, -0.05) is 6.07 Å². The van der Waals surface area contributed by atoms with Gasteiger partial charge in [0, 0.05) is 38.6 Å². The van der Waals surface area contributed by atoms with Crippen LogP contribution in [0.25, 0.3) is 0 Å². The standard InChI is InChI=1S/C13H22N2O2/c1-2-17-12-6-4-8-14-9-11-15-10-5-3-7-13(15)16/h3,5,7,10,14H,2,4,6,8-9,11-12H2,1H3. The molecule has 0 radical (unpaired) electrons. The molecular formula is C13H22N2O2. The van der Waals surface area contributed by atoms with E-state index in [2.05, 4.69) is 5.32 Å². The maximum absolute atomic E-state index is 11.4. The van der Waals surface area contributed by atoms with Crippen molar-refractivity contribution >= 4 is 0 Å². The SMILES string of the molecule is CCOCCCCNCCn1ccccc1=O. The molecule has 0 aliphatic carbocycles. The number of rotatable bonds is 9. The van der Waals surface area contributed by atoms with E-state index >= 15 is 0 Å². The number of pyridine rings is 1. The predicted octanol–water partition coefficient (Wildman–Crippen LogP) is 1.25. The van der Waals surface area contributed by atoms with Gasteiger partial charge in [0.05, 0.1) is 0 Å². The molecular weight excluding hydrogens is 216 g/mol. The zero-order valence-corrected chi connectivity index (χ0v) is 10.5. The van der Waals surface area contributed by atoms with Gasteiger partial charge in [-0.2, -0.15) is 0 Å². The summed E-state index contributed by atoms with van der Waals surface area (Å²) >= 11 is 0. The van der Waals surface area contributed by atoms with Crippen molar-refractivity contribution in [3.8, 4) is 0 Å². The van der Waals surface area contributed by atoms with Crippen molar-refractivity contribution in [3.63, 3.8) is 0 Å². The first-order valence-corrected chi connectivity index (χ1v) is 6.28. The van der Waals surface area contributed by atoms with Crippen LogP contribution >= 0.6 is 0 Å². The average molecular weight is 238 g/mol. The Morgan fingerprint density at radius 3 is 2.94 bits per heavy atom. The number of hydrogen-bond acceptors (Lipinski definition) is 3. The maximum atomic E-state index is 11.4. The maximum Gasteiger partial charge on any atom is 0.250 e. The van der Waals surface area contributed by atoms with E-state index in [1.165, 1.54) is 0 Å². The summed E-state index contributed by atoms with van der Waals surface area (Å²) in [5.41, 5.74) is 0.0608. The van der Waals surface area contributed by atoms with Crippen molar-refractivity contribution in [1.29, 1.82) is 0 Å². The number of nitrogens with one attached hydrogen (secondary N) is 1. The highest BCUT2D eigenvalue weighted by atomic mass is 16.5. The Morgan fingerprint density at radius 2 is 2.18 bits per heavy atom. The van der Waals surface area contributed by atoms with Gasteiger partial charge in [0.1, 0.15) is 0 Å².